The summed E-state index contributed by atoms with van der Waals surface area (Å²) in [5.74, 6) is -0.0774. The number of thiophene rings is 1. The van der Waals surface area contributed by atoms with E-state index in [-0.39, 0.29) is 17.8 Å². The van der Waals surface area contributed by atoms with Crippen molar-refractivity contribution >= 4 is 56.0 Å². The Bertz CT molecular complexity index is 881. The van der Waals surface area contributed by atoms with E-state index in [9.17, 15) is 4.79 Å². The molecule has 3 nitrogen and oxygen atoms in total. The van der Waals surface area contributed by atoms with Crippen LogP contribution in [-0.4, -0.2) is 5.78 Å². The van der Waals surface area contributed by atoms with Gasteiger partial charge in [-0.25, -0.2) is 0 Å². The van der Waals surface area contributed by atoms with E-state index < -0.39 is 0 Å². The van der Waals surface area contributed by atoms with Crippen molar-refractivity contribution in [1.29, 1.82) is 10.5 Å². The number of carbonyl (C=O) groups is 1. The first-order valence-corrected chi connectivity index (χ1v) is 7.12. The van der Waals surface area contributed by atoms with Crippen LogP contribution in [0.2, 0.25) is 10.0 Å². The summed E-state index contributed by atoms with van der Waals surface area (Å²) >= 11 is 13.3. The highest BCUT2D eigenvalue weighted by atomic mass is 35.5. The highest BCUT2D eigenvalue weighted by molar-refractivity contribution is 7.21. The Morgan fingerprint density at radius 3 is 2.50 bits per heavy atom. The highest BCUT2D eigenvalue weighted by Crippen LogP contribution is 2.46. The number of ketones is 1. The van der Waals surface area contributed by atoms with Gasteiger partial charge in [-0.3, -0.25) is 4.79 Å². The quantitative estimate of drug-likeness (QED) is 0.667. The van der Waals surface area contributed by atoms with E-state index in [4.69, 9.17) is 33.7 Å². The van der Waals surface area contributed by atoms with Gasteiger partial charge in [-0.15, -0.1) is 11.3 Å². The summed E-state index contributed by atoms with van der Waals surface area (Å²) in [5, 5.41) is 19.6. The predicted octanol–water partition coefficient (Wildman–Crippen LogP) is 4.60. The van der Waals surface area contributed by atoms with Crippen molar-refractivity contribution in [3.05, 3.63) is 38.2 Å². The fraction of sp³-hybridized carbons (Fsp3) is 0.0714. The van der Waals surface area contributed by atoms with E-state index in [1.54, 1.807) is 12.1 Å². The summed E-state index contributed by atoms with van der Waals surface area (Å²) in [6.45, 7) is 0. The van der Waals surface area contributed by atoms with Crippen LogP contribution in [0, 0.1) is 22.7 Å². The van der Waals surface area contributed by atoms with Gasteiger partial charge in [-0.2, -0.15) is 10.5 Å². The van der Waals surface area contributed by atoms with Gasteiger partial charge in [0.15, 0.2) is 5.78 Å². The Hall–Kier alpha value is -1.85. The van der Waals surface area contributed by atoms with E-state index in [2.05, 4.69) is 0 Å². The second-order valence-corrected chi connectivity index (χ2v) is 6.11. The monoisotopic (exact) mass is 318 g/mol. The molecule has 0 amide bonds. The van der Waals surface area contributed by atoms with Gasteiger partial charge in [0, 0.05) is 22.1 Å². The molecule has 0 radical (unpaired) electrons. The van der Waals surface area contributed by atoms with Crippen LogP contribution in [0.15, 0.2) is 17.7 Å². The van der Waals surface area contributed by atoms with Gasteiger partial charge < -0.3 is 0 Å². The van der Waals surface area contributed by atoms with Gasteiger partial charge in [-0.05, 0) is 17.7 Å². The minimum atomic E-state index is -0.0774. The van der Waals surface area contributed by atoms with Crippen molar-refractivity contribution in [2.24, 2.45) is 0 Å². The molecule has 0 saturated heterocycles. The number of fused-ring (bicyclic) bond motifs is 3. The SMILES string of the molecule is N#CC(C#N)=C1CC(=O)c2sc3cc(Cl)c(Cl)cc3c21. The molecule has 0 N–H and O–H groups in total. The number of hydrogen-bond acceptors (Lipinski definition) is 4. The number of carbonyl (C=O) groups excluding carboxylic acids is 1. The summed E-state index contributed by atoms with van der Waals surface area (Å²) in [7, 11) is 0. The molecule has 0 fully saturated rings. The second kappa shape index (κ2) is 4.61. The summed E-state index contributed by atoms with van der Waals surface area (Å²) in [5.41, 5.74) is 1.12. The van der Waals surface area contributed by atoms with E-state index in [1.165, 1.54) is 11.3 Å². The summed E-state index contributed by atoms with van der Waals surface area (Å²) in [6, 6.07) is 7.07. The maximum atomic E-state index is 12.0. The molecule has 1 aliphatic rings. The third kappa shape index (κ3) is 1.74. The maximum absolute atomic E-state index is 12.0. The van der Waals surface area contributed by atoms with E-state index >= 15 is 0 Å². The Balaban J connectivity index is 2.44. The van der Waals surface area contributed by atoms with Gasteiger partial charge in [0.2, 0.25) is 0 Å². The number of allylic oxidation sites excluding steroid dienone is 2. The molecule has 0 bridgehead atoms. The molecule has 20 heavy (non-hydrogen) atoms. The summed E-state index contributed by atoms with van der Waals surface area (Å²) in [6.07, 6.45) is 0.0911. The summed E-state index contributed by atoms with van der Waals surface area (Å²) in [4.78, 5) is 12.6. The van der Waals surface area contributed by atoms with Gasteiger partial charge >= 0.3 is 0 Å². The van der Waals surface area contributed by atoms with Crippen molar-refractivity contribution in [3.8, 4) is 12.1 Å². The Morgan fingerprint density at radius 2 is 1.85 bits per heavy atom. The van der Waals surface area contributed by atoms with Crippen LogP contribution >= 0.6 is 34.5 Å². The normalized spacial score (nSPS) is 13.2. The van der Waals surface area contributed by atoms with Crippen molar-refractivity contribution in [2.45, 2.75) is 6.42 Å². The number of nitriles is 2. The van der Waals surface area contributed by atoms with Crippen LogP contribution in [0.1, 0.15) is 21.7 Å². The van der Waals surface area contributed by atoms with Crippen LogP contribution in [0.4, 0.5) is 0 Å². The molecule has 0 aliphatic heterocycles. The molecule has 1 aromatic heterocycles. The number of nitrogens with zero attached hydrogens (tertiary/aromatic N) is 2. The molecule has 3 rings (SSSR count). The maximum Gasteiger partial charge on any atom is 0.177 e. The molecule has 0 saturated carbocycles. The van der Waals surface area contributed by atoms with E-state index in [0.717, 1.165) is 10.1 Å². The van der Waals surface area contributed by atoms with Crippen LogP contribution in [0.25, 0.3) is 15.7 Å². The van der Waals surface area contributed by atoms with Crippen LogP contribution in [-0.2, 0) is 0 Å². The average Bonchev–Trinajstić information content (AvgIpc) is 2.92. The fourth-order valence-corrected chi connectivity index (χ4v) is 3.87. The molecule has 0 unspecified atom stereocenters. The number of rotatable bonds is 0. The van der Waals surface area contributed by atoms with Gasteiger partial charge in [0.1, 0.15) is 17.7 Å². The lowest BCUT2D eigenvalue weighted by atomic mass is 10.0. The largest absolute Gasteiger partial charge is 0.293 e. The minimum Gasteiger partial charge on any atom is -0.293 e. The Kier molecular flexibility index (Phi) is 3.03. The average molecular weight is 319 g/mol. The zero-order valence-electron chi connectivity index (χ0n) is 9.83. The fourth-order valence-electron chi connectivity index (χ4n) is 2.29. The molecular weight excluding hydrogens is 315 g/mol. The first-order chi connectivity index (χ1) is 9.56. The molecule has 96 valence electrons. The number of hydrogen-bond donors (Lipinski definition) is 0. The number of benzene rings is 1. The Morgan fingerprint density at radius 1 is 1.20 bits per heavy atom. The van der Waals surface area contributed by atoms with Gasteiger partial charge in [0.05, 0.1) is 14.9 Å². The number of Topliss-reactive ketones (excluding diaryl/α,β-unsaturated/α-hetero) is 1. The minimum absolute atomic E-state index is 0.0251. The molecule has 1 heterocycles. The van der Waals surface area contributed by atoms with Crippen LogP contribution < -0.4 is 0 Å². The molecule has 1 aromatic carbocycles. The molecule has 2 aromatic rings. The third-order valence-corrected chi connectivity index (χ3v) is 5.06. The third-order valence-electron chi connectivity index (χ3n) is 3.15. The molecule has 6 heteroatoms. The first-order valence-electron chi connectivity index (χ1n) is 5.55. The lowest BCUT2D eigenvalue weighted by Gasteiger charge is -2.01. The summed E-state index contributed by atoms with van der Waals surface area (Å²) < 4.78 is 0.824. The van der Waals surface area contributed by atoms with Gasteiger partial charge in [-0.1, -0.05) is 23.2 Å². The lowest BCUT2D eigenvalue weighted by molar-refractivity contribution is 0.101. The zero-order chi connectivity index (χ0) is 14.4. The van der Waals surface area contributed by atoms with Crippen molar-refractivity contribution in [3.63, 3.8) is 0 Å². The Labute approximate surface area is 128 Å². The van der Waals surface area contributed by atoms with Gasteiger partial charge in [0.25, 0.3) is 0 Å². The van der Waals surface area contributed by atoms with E-state index in [0.29, 0.717) is 26.1 Å². The zero-order valence-corrected chi connectivity index (χ0v) is 12.2. The van der Waals surface area contributed by atoms with Crippen molar-refractivity contribution in [2.75, 3.05) is 0 Å². The van der Waals surface area contributed by atoms with Crippen LogP contribution in [0.5, 0.6) is 0 Å². The van der Waals surface area contributed by atoms with Crippen molar-refractivity contribution < 1.29 is 4.79 Å². The molecular formula is C14H4Cl2N2OS. The smallest absolute Gasteiger partial charge is 0.177 e. The topological polar surface area (TPSA) is 64.7 Å². The molecule has 1 aliphatic carbocycles. The highest BCUT2D eigenvalue weighted by Gasteiger charge is 2.31. The van der Waals surface area contributed by atoms with E-state index in [1.807, 2.05) is 12.1 Å². The predicted molar refractivity (Wildman–Crippen MR) is 78.9 cm³/mol. The standard InChI is InChI=1S/C14H4Cl2N2OS/c15-9-1-8-12(3-10(9)16)20-14-11(19)2-7(13(8)14)6(4-17)5-18/h1,3H,2H2. The molecule has 0 spiro atoms. The molecule has 0 atom stereocenters. The first kappa shape index (κ1) is 13.1. The van der Waals surface area contributed by atoms with Crippen molar-refractivity contribution in [1.82, 2.24) is 0 Å². The number of halogens is 2. The second-order valence-electron chi connectivity index (χ2n) is 4.25. The lowest BCUT2D eigenvalue weighted by Crippen LogP contribution is -1.87. The van der Waals surface area contributed by atoms with Crippen LogP contribution in [0.3, 0.4) is 0 Å².